The second kappa shape index (κ2) is 7.40. The molecule has 1 aromatic heterocycles. The Bertz CT molecular complexity index is 1010. The van der Waals surface area contributed by atoms with Gasteiger partial charge in [-0.05, 0) is 25.1 Å². The van der Waals surface area contributed by atoms with Crippen molar-refractivity contribution in [2.45, 2.75) is 23.3 Å². The molecule has 0 unspecified atom stereocenters. The van der Waals surface area contributed by atoms with E-state index in [0.717, 1.165) is 17.7 Å². The summed E-state index contributed by atoms with van der Waals surface area (Å²) in [6, 6.07) is 8.48. The van der Waals surface area contributed by atoms with Crippen LogP contribution in [0, 0.1) is 6.92 Å². The van der Waals surface area contributed by atoms with Crippen LogP contribution in [0.2, 0.25) is 0 Å². The summed E-state index contributed by atoms with van der Waals surface area (Å²) in [7, 11) is -3.10. The van der Waals surface area contributed by atoms with Gasteiger partial charge in [0.25, 0.3) is 5.56 Å². The topological polar surface area (TPSA) is 132 Å². The lowest BCUT2D eigenvalue weighted by Crippen LogP contribution is -2.31. The summed E-state index contributed by atoms with van der Waals surface area (Å²) >= 11 is 0. The Labute approximate surface area is 148 Å². The number of aliphatic carboxylic acids is 1. The van der Waals surface area contributed by atoms with Gasteiger partial charge in [-0.1, -0.05) is 18.2 Å². The molecule has 0 atom stereocenters. The van der Waals surface area contributed by atoms with E-state index in [0.29, 0.717) is 0 Å². The average Bonchev–Trinajstić information content (AvgIpc) is 2.61. The largest absolute Gasteiger partial charge is 0.480 e. The number of nitrogens with zero attached hydrogens (tertiary/aromatic N) is 1. The van der Waals surface area contributed by atoms with Crippen molar-refractivity contribution in [3.63, 3.8) is 0 Å². The highest BCUT2D eigenvalue weighted by Crippen LogP contribution is 2.26. The third-order valence-electron chi connectivity index (χ3n) is 3.52. The lowest BCUT2D eigenvalue weighted by Gasteiger charge is -2.15. The SMILES string of the molecule is COC(=O)Nc1c(S(=O)(=O)c2ccccc2)cc(C)n(CC(=O)O)c1=O. The molecule has 0 saturated heterocycles. The van der Waals surface area contributed by atoms with E-state index in [9.17, 15) is 22.8 Å². The number of amides is 1. The quantitative estimate of drug-likeness (QED) is 0.798. The normalized spacial score (nSPS) is 11.0. The number of carboxylic acid groups (broad SMARTS) is 1. The summed E-state index contributed by atoms with van der Waals surface area (Å²) in [4.78, 5) is 34.7. The molecule has 2 N–H and O–H groups in total. The number of carbonyl (C=O) groups excluding carboxylic acids is 1. The number of ether oxygens (including phenoxy) is 1. The molecule has 0 aliphatic heterocycles. The number of aromatic nitrogens is 1. The van der Waals surface area contributed by atoms with E-state index < -0.39 is 44.6 Å². The van der Waals surface area contributed by atoms with Gasteiger partial charge in [-0.3, -0.25) is 19.5 Å². The molecule has 0 saturated carbocycles. The highest BCUT2D eigenvalue weighted by molar-refractivity contribution is 7.91. The fourth-order valence-corrected chi connectivity index (χ4v) is 3.78. The molecule has 0 fully saturated rings. The highest BCUT2D eigenvalue weighted by Gasteiger charge is 2.27. The van der Waals surface area contributed by atoms with Crippen LogP contribution in [0.25, 0.3) is 0 Å². The molecule has 1 heterocycles. The zero-order valence-electron chi connectivity index (χ0n) is 13.9. The van der Waals surface area contributed by atoms with E-state index in [1.54, 1.807) is 6.07 Å². The number of carbonyl (C=O) groups is 2. The number of pyridine rings is 1. The molecular formula is C16H16N2O7S. The summed E-state index contributed by atoms with van der Waals surface area (Å²) in [5, 5.41) is 11.0. The van der Waals surface area contributed by atoms with E-state index in [2.05, 4.69) is 10.1 Å². The van der Waals surface area contributed by atoms with Crippen LogP contribution >= 0.6 is 0 Å². The molecule has 10 heteroatoms. The number of hydrogen-bond donors (Lipinski definition) is 2. The third-order valence-corrected chi connectivity index (χ3v) is 5.31. The Hall–Kier alpha value is -3.14. The van der Waals surface area contributed by atoms with Crippen molar-refractivity contribution in [2.75, 3.05) is 12.4 Å². The Balaban J connectivity index is 2.78. The van der Waals surface area contributed by atoms with Gasteiger partial charge in [-0.25, -0.2) is 13.2 Å². The lowest BCUT2D eigenvalue weighted by molar-refractivity contribution is -0.137. The average molecular weight is 380 g/mol. The van der Waals surface area contributed by atoms with E-state index >= 15 is 0 Å². The Morgan fingerprint density at radius 3 is 2.38 bits per heavy atom. The maximum absolute atomic E-state index is 12.9. The number of aryl methyl sites for hydroxylation is 1. The first-order valence-corrected chi connectivity index (χ1v) is 8.78. The molecule has 1 aromatic carbocycles. The van der Waals surface area contributed by atoms with Crippen LogP contribution in [0.1, 0.15) is 5.69 Å². The van der Waals surface area contributed by atoms with Crippen LogP contribution in [-0.2, 0) is 25.9 Å². The van der Waals surface area contributed by atoms with Crippen LogP contribution < -0.4 is 10.9 Å². The second-order valence-electron chi connectivity index (χ2n) is 5.24. The minimum atomic E-state index is -4.14. The van der Waals surface area contributed by atoms with Gasteiger partial charge in [0.2, 0.25) is 9.84 Å². The van der Waals surface area contributed by atoms with Crippen molar-refractivity contribution in [1.82, 2.24) is 4.57 Å². The molecule has 0 aliphatic carbocycles. The fourth-order valence-electron chi connectivity index (χ4n) is 2.28. The predicted molar refractivity (Wildman–Crippen MR) is 91.0 cm³/mol. The summed E-state index contributed by atoms with van der Waals surface area (Å²) in [6.07, 6.45) is -1.06. The number of nitrogens with one attached hydrogen (secondary N) is 1. The summed E-state index contributed by atoms with van der Waals surface area (Å²) in [5.74, 6) is -1.29. The van der Waals surface area contributed by atoms with Crippen molar-refractivity contribution in [1.29, 1.82) is 0 Å². The molecule has 0 bridgehead atoms. The minimum Gasteiger partial charge on any atom is -0.480 e. The first-order chi connectivity index (χ1) is 12.2. The molecule has 0 aliphatic rings. The Morgan fingerprint density at radius 2 is 1.85 bits per heavy atom. The number of anilines is 1. The smallest absolute Gasteiger partial charge is 0.411 e. The highest BCUT2D eigenvalue weighted by atomic mass is 32.2. The van der Waals surface area contributed by atoms with E-state index in [1.807, 2.05) is 0 Å². The van der Waals surface area contributed by atoms with Crippen molar-refractivity contribution in [3.8, 4) is 0 Å². The first-order valence-electron chi connectivity index (χ1n) is 7.29. The zero-order chi connectivity index (χ0) is 19.5. The molecule has 0 radical (unpaired) electrons. The van der Waals surface area contributed by atoms with Crippen molar-refractivity contribution < 1.29 is 27.9 Å². The van der Waals surface area contributed by atoms with E-state index in [-0.39, 0.29) is 10.6 Å². The maximum Gasteiger partial charge on any atom is 0.411 e. The summed E-state index contributed by atoms with van der Waals surface area (Å²) in [6.45, 7) is 0.711. The summed E-state index contributed by atoms with van der Waals surface area (Å²) < 4.78 is 31.1. The minimum absolute atomic E-state index is 0.0808. The molecular weight excluding hydrogens is 364 g/mol. The number of rotatable bonds is 5. The van der Waals surface area contributed by atoms with Gasteiger partial charge < -0.3 is 9.84 Å². The molecule has 2 aromatic rings. The molecule has 2 rings (SSSR count). The van der Waals surface area contributed by atoms with E-state index in [1.165, 1.54) is 31.2 Å². The standard InChI is InChI=1S/C16H16N2O7S/c1-10-8-12(26(23,24)11-6-4-3-5-7-11)14(17-16(22)25-2)15(21)18(10)9-13(19)20/h3-8H,9H2,1-2H3,(H,17,22)(H,19,20). The van der Waals surface area contributed by atoms with Crippen LogP contribution in [0.15, 0.2) is 51.0 Å². The summed E-state index contributed by atoms with van der Waals surface area (Å²) in [5.41, 5.74) is -1.43. The number of methoxy groups -OCH3 is 1. The van der Waals surface area contributed by atoms with Gasteiger partial charge in [-0.2, -0.15) is 0 Å². The van der Waals surface area contributed by atoms with Gasteiger partial charge in [0, 0.05) is 5.69 Å². The number of hydrogen-bond acceptors (Lipinski definition) is 6. The van der Waals surface area contributed by atoms with Gasteiger partial charge in [-0.15, -0.1) is 0 Å². The lowest BCUT2D eigenvalue weighted by atomic mass is 10.3. The van der Waals surface area contributed by atoms with Gasteiger partial charge in [0.15, 0.2) is 0 Å². The predicted octanol–water partition coefficient (Wildman–Crippen LogP) is 1.25. The van der Waals surface area contributed by atoms with Crippen LogP contribution in [-0.4, -0.2) is 37.3 Å². The number of carboxylic acids is 1. The molecule has 9 nitrogen and oxygen atoms in total. The monoisotopic (exact) mass is 380 g/mol. The van der Waals surface area contributed by atoms with Crippen molar-refractivity contribution in [3.05, 3.63) is 52.4 Å². The molecule has 138 valence electrons. The van der Waals surface area contributed by atoms with Gasteiger partial charge in [0.1, 0.15) is 17.1 Å². The van der Waals surface area contributed by atoms with Crippen LogP contribution in [0.5, 0.6) is 0 Å². The zero-order valence-corrected chi connectivity index (χ0v) is 14.7. The van der Waals surface area contributed by atoms with Crippen LogP contribution in [0.3, 0.4) is 0 Å². The van der Waals surface area contributed by atoms with Gasteiger partial charge in [0.05, 0.1) is 12.0 Å². The first kappa shape index (κ1) is 19.2. The molecule has 0 spiro atoms. The van der Waals surface area contributed by atoms with E-state index in [4.69, 9.17) is 5.11 Å². The van der Waals surface area contributed by atoms with Gasteiger partial charge >= 0.3 is 12.1 Å². The fraction of sp³-hybridized carbons (Fsp3) is 0.188. The molecule has 1 amide bonds. The van der Waals surface area contributed by atoms with Crippen LogP contribution in [0.4, 0.5) is 10.5 Å². The third kappa shape index (κ3) is 3.75. The second-order valence-corrected chi connectivity index (χ2v) is 7.16. The van der Waals surface area contributed by atoms with Crippen molar-refractivity contribution in [2.24, 2.45) is 0 Å². The number of benzene rings is 1. The Morgan fingerprint density at radius 1 is 1.23 bits per heavy atom. The molecule has 26 heavy (non-hydrogen) atoms. The maximum atomic E-state index is 12.9. The Kier molecular flexibility index (Phi) is 5.46. The number of sulfone groups is 1. The van der Waals surface area contributed by atoms with Crippen molar-refractivity contribution >= 4 is 27.6 Å².